The highest BCUT2D eigenvalue weighted by molar-refractivity contribution is 9.10. The summed E-state index contributed by atoms with van der Waals surface area (Å²) >= 11 is 5.29. The van der Waals surface area contributed by atoms with E-state index in [9.17, 15) is 5.11 Å². The molecule has 4 rings (SSSR count). The van der Waals surface area contributed by atoms with Crippen molar-refractivity contribution < 1.29 is 9.84 Å². The molecule has 0 bridgehead atoms. The molecule has 130 valence electrons. The van der Waals surface area contributed by atoms with E-state index in [1.54, 1.807) is 11.3 Å². The second-order valence-electron chi connectivity index (χ2n) is 6.39. The first kappa shape index (κ1) is 18.5. The maximum atomic E-state index is 11.0. The molecular formula is C18H21Br2NO2S. The van der Waals surface area contributed by atoms with Crippen molar-refractivity contribution in [3.8, 4) is 10.4 Å². The lowest BCUT2D eigenvalue weighted by Crippen LogP contribution is -2.56. The Balaban J connectivity index is 0.00000169. The molecule has 6 heteroatoms. The van der Waals surface area contributed by atoms with Gasteiger partial charge in [0.1, 0.15) is 0 Å². The molecule has 1 aromatic heterocycles. The van der Waals surface area contributed by atoms with Crippen LogP contribution in [0.5, 0.6) is 0 Å². The average molecular weight is 475 g/mol. The molecule has 2 atom stereocenters. The van der Waals surface area contributed by atoms with Crippen molar-refractivity contribution in [1.29, 1.82) is 0 Å². The van der Waals surface area contributed by atoms with Gasteiger partial charge in [-0.1, -0.05) is 30.7 Å². The molecule has 0 radical (unpaired) electrons. The second kappa shape index (κ2) is 7.56. The van der Waals surface area contributed by atoms with Gasteiger partial charge in [0.2, 0.25) is 5.79 Å². The Morgan fingerprint density at radius 1 is 1.21 bits per heavy atom. The van der Waals surface area contributed by atoms with Crippen molar-refractivity contribution in [2.24, 2.45) is 0 Å². The SMILES string of the molecule is Br.OC1(c2ccc(-c3sccc3Br)cc2)CN2CCCCC2CO1. The molecule has 1 N–H and O–H groups in total. The fourth-order valence-electron chi connectivity index (χ4n) is 3.57. The van der Waals surface area contributed by atoms with Gasteiger partial charge in [0.25, 0.3) is 0 Å². The summed E-state index contributed by atoms with van der Waals surface area (Å²) in [6, 6.07) is 10.6. The highest BCUT2D eigenvalue weighted by Crippen LogP contribution is 2.36. The highest BCUT2D eigenvalue weighted by Gasteiger charge is 2.41. The number of ether oxygens (including phenoxy) is 1. The summed E-state index contributed by atoms with van der Waals surface area (Å²) in [7, 11) is 0. The normalized spacial score (nSPS) is 27.3. The third-order valence-electron chi connectivity index (χ3n) is 4.90. The zero-order valence-electron chi connectivity index (χ0n) is 13.3. The molecule has 1 aromatic carbocycles. The number of halogens is 2. The molecule has 3 heterocycles. The topological polar surface area (TPSA) is 32.7 Å². The Bertz CT molecular complexity index is 691. The van der Waals surface area contributed by atoms with Crippen LogP contribution in [0.4, 0.5) is 0 Å². The van der Waals surface area contributed by atoms with E-state index in [-0.39, 0.29) is 17.0 Å². The lowest BCUT2D eigenvalue weighted by molar-refractivity contribution is -0.264. The van der Waals surface area contributed by atoms with Crippen molar-refractivity contribution in [2.45, 2.75) is 31.1 Å². The minimum absolute atomic E-state index is 0. The number of hydrogen-bond donors (Lipinski definition) is 1. The summed E-state index contributed by atoms with van der Waals surface area (Å²) in [4.78, 5) is 3.60. The van der Waals surface area contributed by atoms with Crippen LogP contribution in [0.2, 0.25) is 0 Å². The molecule has 2 aliphatic rings. The van der Waals surface area contributed by atoms with Crippen LogP contribution in [0.25, 0.3) is 10.4 Å². The van der Waals surface area contributed by atoms with Crippen LogP contribution < -0.4 is 0 Å². The number of rotatable bonds is 2. The number of thiophene rings is 1. The summed E-state index contributed by atoms with van der Waals surface area (Å²) in [6.07, 6.45) is 3.67. The van der Waals surface area contributed by atoms with Gasteiger partial charge in [-0.05, 0) is 52.3 Å². The average Bonchev–Trinajstić information content (AvgIpc) is 3.01. The zero-order valence-corrected chi connectivity index (χ0v) is 17.4. The van der Waals surface area contributed by atoms with Crippen LogP contribution in [-0.2, 0) is 10.5 Å². The summed E-state index contributed by atoms with van der Waals surface area (Å²) in [5.74, 6) is -1.18. The summed E-state index contributed by atoms with van der Waals surface area (Å²) < 4.78 is 6.99. The van der Waals surface area contributed by atoms with Crippen LogP contribution >= 0.6 is 44.2 Å². The number of morpholine rings is 1. The number of hydrogen-bond acceptors (Lipinski definition) is 4. The van der Waals surface area contributed by atoms with E-state index >= 15 is 0 Å². The zero-order chi connectivity index (χ0) is 15.9. The van der Waals surface area contributed by atoms with Crippen molar-refractivity contribution in [3.05, 3.63) is 45.7 Å². The number of nitrogens with zero attached hydrogens (tertiary/aromatic N) is 1. The predicted octanol–water partition coefficient (Wildman–Crippen LogP) is 4.79. The first-order chi connectivity index (χ1) is 11.2. The number of piperidine rings is 1. The standard InChI is InChI=1S/C18H20BrNO2S.BrH/c19-16-8-10-23-17(16)13-4-6-14(7-5-13)18(21)12-20-9-2-1-3-15(20)11-22-18;/h4-8,10,15,21H,1-3,9,11-12H2;1H. The number of benzene rings is 1. The fraction of sp³-hybridized carbons (Fsp3) is 0.444. The van der Waals surface area contributed by atoms with Gasteiger partial charge in [-0.3, -0.25) is 4.90 Å². The molecule has 24 heavy (non-hydrogen) atoms. The van der Waals surface area contributed by atoms with Gasteiger partial charge < -0.3 is 9.84 Å². The highest BCUT2D eigenvalue weighted by atomic mass is 79.9. The predicted molar refractivity (Wildman–Crippen MR) is 107 cm³/mol. The lowest BCUT2D eigenvalue weighted by atomic mass is 9.96. The van der Waals surface area contributed by atoms with Gasteiger partial charge in [-0.15, -0.1) is 28.3 Å². The molecule has 2 fully saturated rings. The van der Waals surface area contributed by atoms with Crippen molar-refractivity contribution in [1.82, 2.24) is 4.90 Å². The number of aliphatic hydroxyl groups is 1. The van der Waals surface area contributed by atoms with E-state index in [0.717, 1.165) is 22.1 Å². The summed E-state index contributed by atoms with van der Waals surface area (Å²) in [5.41, 5.74) is 2.00. The lowest BCUT2D eigenvalue weighted by Gasteiger charge is -2.46. The van der Waals surface area contributed by atoms with Gasteiger partial charge in [0.15, 0.2) is 0 Å². The van der Waals surface area contributed by atoms with Crippen LogP contribution in [-0.4, -0.2) is 35.7 Å². The van der Waals surface area contributed by atoms with Gasteiger partial charge in [0.05, 0.1) is 13.2 Å². The van der Waals surface area contributed by atoms with E-state index in [2.05, 4.69) is 44.4 Å². The maximum Gasteiger partial charge on any atom is 0.205 e. The van der Waals surface area contributed by atoms with Crippen molar-refractivity contribution >= 4 is 44.2 Å². The van der Waals surface area contributed by atoms with Crippen LogP contribution in [0.1, 0.15) is 24.8 Å². The van der Waals surface area contributed by atoms with Crippen LogP contribution in [0.15, 0.2) is 40.2 Å². The monoisotopic (exact) mass is 473 g/mol. The van der Waals surface area contributed by atoms with E-state index in [1.165, 1.54) is 24.1 Å². The van der Waals surface area contributed by atoms with Gasteiger partial charge in [0, 0.05) is 21.0 Å². The fourth-order valence-corrected chi connectivity index (χ4v) is 5.18. The van der Waals surface area contributed by atoms with Gasteiger partial charge >= 0.3 is 0 Å². The van der Waals surface area contributed by atoms with Gasteiger partial charge in [-0.2, -0.15) is 0 Å². The third kappa shape index (κ3) is 3.50. The molecule has 0 saturated carbocycles. The Kier molecular flexibility index (Phi) is 5.84. The molecule has 2 saturated heterocycles. The Morgan fingerprint density at radius 3 is 2.71 bits per heavy atom. The van der Waals surface area contributed by atoms with Crippen molar-refractivity contribution in [2.75, 3.05) is 19.7 Å². The molecule has 2 aliphatic heterocycles. The first-order valence-electron chi connectivity index (χ1n) is 8.10. The third-order valence-corrected chi connectivity index (χ3v) is 6.78. The molecule has 2 aromatic rings. The van der Waals surface area contributed by atoms with Crippen LogP contribution in [0.3, 0.4) is 0 Å². The largest absolute Gasteiger partial charge is 0.361 e. The molecule has 2 unspecified atom stereocenters. The van der Waals surface area contributed by atoms with E-state index in [0.29, 0.717) is 19.2 Å². The Morgan fingerprint density at radius 2 is 2.00 bits per heavy atom. The van der Waals surface area contributed by atoms with Gasteiger partial charge in [-0.25, -0.2) is 0 Å². The summed E-state index contributed by atoms with van der Waals surface area (Å²) in [5, 5.41) is 13.1. The molecule has 3 nitrogen and oxygen atoms in total. The maximum absolute atomic E-state index is 11.0. The smallest absolute Gasteiger partial charge is 0.205 e. The van der Waals surface area contributed by atoms with E-state index < -0.39 is 5.79 Å². The quantitative estimate of drug-likeness (QED) is 0.679. The Hall–Kier alpha value is -0.240. The van der Waals surface area contributed by atoms with Crippen molar-refractivity contribution in [3.63, 3.8) is 0 Å². The molecule has 0 aliphatic carbocycles. The minimum atomic E-state index is -1.18. The molecule has 0 amide bonds. The van der Waals surface area contributed by atoms with E-state index in [1.807, 2.05) is 12.1 Å². The van der Waals surface area contributed by atoms with E-state index in [4.69, 9.17) is 4.74 Å². The number of fused-ring (bicyclic) bond motifs is 1. The second-order valence-corrected chi connectivity index (χ2v) is 8.16. The molecule has 0 spiro atoms. The van der Waals surface area contributed by atoms with Crippen LogP contribution in [0, 0.1) is 0 Å². The minimum Gasteiger partial charge on any atom is -0.361 e. The Labute approximate surface area is 165 Å². The molecular weight excluding hydrogens is 454 g/mol. The first-order valence-corrected chi connectivity index (χ1v) is 9.77. The summed E-state index contributed by atoms with van der Waals surface area (Å²) in [6.45, 7) is 2.25.